The van der Waals surface area contributed by atoms with Crippen molar-refractivity contribution < 1.29 is 9.90 Å². The van der Waals surface area contributed by atoms with Crippen LogP contribution in [-0.2, 0) is 11.3 Å². The molecule has 1 aromatic heterocycles. The number of carbonyl (C=O) groups excluding carboxylic acids is 1. The van der Waals surface area contributed by atoms with Crippen LogP contribution in [0.3, 0.4) is 0 Å². The highest BCUT2D eigenvalue weighted by Gasteiger charge is 2.28. The van der Waals surface area contributed by atoms with Gasteiger partial charge >= 0.3 is 0 Å². The standard InChI is InChI=1S/C12H17BrN4O3/c13-10-9(7-16-17(5-6-18)12(10)20)14-3-4-15-11(19)8-1-2-8/h7-8,14,18H,1-6H2,(H,15,19). The molecule has 0 bridgehead atoms. The van der Waals surface area contributed by atoms with Crippen molar-refractivity contribution in [3.8, 4) is 0 Å². The topological polar surface area (TPSA) is 96.2 Å². The molecule has 110 valence electrons. The first-order valence-corrected chi connectivity index (χ1v) is 7.31. The largest absolute Gasteiger partial charge is 0.394 e. The first-order chi connectivity index (χ1) is 9.63. The van der Waals surface area contributed by atoms with Crippen LogP contribution < -0.4 is 16.2 Å². The number of nitrogens with one attached hydrogen (secondary N) is 2. The fourth-order valence-electron chi connectivity index (χ4n) is 1.72. The SMILES string of the molecule is O=C(NCCNc1cnn(CCO)c(=O)c1Br)C1CC1. The zero-order valence-corrected chi connectivity index (χ0v) is 12.5. The van der Waals surface area contributed by atoms with Crippen molar-refractivity contribution in [2.24, 2.45) is 5.92 Å². The molecule has 1 aromatic rings. The minimum Gasteiger partial charge on any atom is -0.394 e. The van der Waals surface area contributed by atoms with Gasteiger partial charge in [-0.2, -0.15) is 5.10 Å². The van der Waals surface area contributed by atoms with Gasteiger partial charge in [0.05, 0.1) is 25.0 Å². The maximum Gasteiger partial charge on any atom is 0.283 e. The number of aromatic nitrogens is 2. The summed E-state index contributed by atoms with van der Waals surface area (Å²) in [6.07, 6.45) is 3.49. The summed E-state index contributed by atoms with van der Waals surface area (Å²) < 4.78 is 1.55. The normalized spacial score (nSPS) is 14.1. The average Bonchev–Trinajstić information content (AvgIpc) is 3.26. The maximum absolute atomic E-state index is 11.9. The molecule has 0 saturated heterocycles. The van der Waals surface area contributed by atoms with Crippen molar-refractivity contribution in [1.82, 2.24) is 15.1 Å². The molecule has 1 heterocycles. The highest BCUT2D eigenvalue weighted by Crippen LogP contribution is 2.28. The Bertz CT molecular complexity index is 542. The Morgan fingerprint density at radius 1 is 1.50 bits per heavy atom. The Kier molecular flexibility index (Phi) is 5.13. The van der Waals surface area contributed by atoms with Crippen LogP contribution in [-0.4, -0.2) is 40.5 Å². The summed E-state index contributed by atoms with van der Waals surface area (Å²) in [5.41, 5.74) is 0.274. The van der Waals surface area contributed by atoms with E-state index in [-0.39, 0.29) is 30.5 Å². The number of hydrogen-bond donors (Lipinski definition) is 3. The van der Waals surface area contributed by atoms with E-state index >= 15 is 0 Å². The van der Waals surface area contributed by atoms with Crippen LogP contribution in [0.5, 0.6) is 0 Å². The van der Waals surface area contributed by atoms with Crippen LogP contribution in [0.4, 0.5) is 5.69 Å². The molecule has 1 aliphatic rings. The van der Waals surface area contributed by atoms with Gasteiger partial charge in [0.25, 0.3) is 5.56 Å². The predicted octanol–water partition coefficient (Wildman–Crippen LogP) is -0.0638. The highest BCUT2D eigenvalue weighted by atomic mass is 79.9. The first-order valence-electron chi connectivity index (χ1n) is 6.51. The number of amides is 1. The molecule has 0 aromatic carbocycles. The van der Waals surface area contributed by atoms with Gasteiger partial charge in [-0.05, 0) is 28.8 Å². The summed E-state index contributed by atoms with van der Waals surface area (Å²) in [4.78, 5) is 23.3. The third kappa shape index (κ3) is 3.80. The van der Waals surface area contributed by atoms with Gasteiger partial charge in [0, 0.05) is 19.0 Å². The van der Waals surface area contributed by atoms with E-state index in [0.29, 0.717) is 23.2 Å². The van der Waals surface area contributed by atoms with Crippen LogP contribution >= 0.6 is 15.9 Å². The number of halogens is 1. The van der Waals surface area contributed by atoms with Crippen molar-refractivity contribution in [3.63, 3.8) is 0 Å². The molecule has 0 spiro atoms. The smallest absolute Gasteiger partial charge is 0.283 e. The van der Waals surface area contributed by atoms with Crippen LogP contribution in [0.15, 0.2) is 15.5 Å². The second-order valence-electron chi connectivity index (χ2n) is 4.62. The van der Waals surface area contributed by atoms with Gasteiger partial charge in [0.1, 0.15) is 4.47 Å². The van der Waals surface area contributed by atoms with Crippen LogP contribution in [0, 0.1) is 5.92 Å². The molecule has 2 rings (SSSR count). The molecule has 20 heavy (non-hydrogen) atoms. The number of hydrogen-bond acceptors (Lipinski definition) is 5. The van der Waals surface area contributed by atoms with E-state index in [9.17, 15) is 9.59 Å². The molecule has 0 aliphatic heterocycles. The lowest BCUT2D eigenvalue weighted by Crippen LogP contribution is -2.31. The molecule has 0 unspecified atom stereocenters. The molecule has 1 aliphatic carbocycles. The zero-order chi connectivity index (χ0) is 14.5. The minimum absolute atomic E-state index is 0.0994. The minimum atomic E-state index is -0.300. The predicted molar refractivity (Wildman–Crippen MR) is 77.5 cm³/mol. The second kappa shape index (κ2) is 6.85. The molecule has 8 heteroatoms. The van der Waals surface area contributed by atoms with Gasteiger partial charge in [-0.1, -0.05) is 0 Å². The fraction of sp³-hybridized carbons (Fsp3) is 0.583. The summed E-state index contributed by atoms with van der Waals surface area (Å²) in [5, 5.41) is 18.6. The number of aliphatic hydroxyl groups excluding tert-OH is 1. The van der Waals surface area contributed by atoms with Gasteiger partial charge in [-0.15, -0.1) is 0 Å². The van der Waals surface area contributed by atoms with Gasteiger partial charge in [0.2, 0.25) is 5.91 Å². The lowest BCUT2D eigenvalue weighted by atomic mass is 10.4. The third-order valence-corrected chi connectivity index (χ3v) is 3.75. The van der Waals surface area contributed by atoms with Crippen molar-refractivity contribution in [2.45, 2.75) is 19.4 Å². The van der Waals surface area contributed by atoms with E-state index in [2.05, 4.69) is 31.7 Å². The summed E-state index contributed by atoms with van der Waals surface area (Å²) in [6.45, 7) is 1.04. The van der Waals surface area contributed by atoms with E-state index < -0.39 is 0 Å². The lowest BCUT2D eigenvalue weighted by Gasteiger charge is -2.10. The zero-order valence-electron chi connectivity index (χ0n) is 10.9. The molecule has 1 fully saturated rings. The van der Waals surface area contributed by atoms with Crippen LogP contribution in [0.1, 0.15) is 12.8 Å². The molecule has 3 N–H and O–H groups in total. The summed E-state index contributed by atoms with van der Waals surface area (Å²) in [5.74, 6) is 0.299. The van der Waals surface area contributed by atoms with E-state index in [4.69, 9.17) is 5.11 Å². The average molecular weight is 345 g/mol. The van der Waals surface area contributed by atoms with E-state index in [1.807, 2.05) is 0 Å². The molecule has 7 nitrogen and oxygen atoms in total. The van der Waals surface area contributed by atoms with Gasteiger partial charge in [0.15, 0.2) is 0 Å². The van der Waals surface area contributed by atoms with E-state index in [0.717, 1.165) is 12.8 Å². The second-order valence-corrected chi connectivity index (χ2v) is 5.41. The monoisotopic (exact) mass is 344 g/mol. The molecule has 0 radical (unpaired) electrons. The van der Waals surface area contributed by atoms with Crippen molar-refractivity contribution in [3.05, 3.63) is 21.0 Å². The Balaban J connectivity index is 1.84. The third-order valence-electron chi connectivity index (χ3n) is 2.98. The van der Waals surface area contributed by atoms with Crippen LogP contribution in [0.25, 0.3) is 0 Å². The number of carbonyl (C=O) groups is 1. The van der Waals surface area contributed by atoms with Gasteiger partial charge in [-0.3, -0.25) is 9.59 Å². The van der Waals surface area contributed by atoms with Crippen molar-refractivity contribution >= 4 is 27.5 Å². The molecule has 1 saturated carbocycles. The number of anilines is 1. The van der Waals surface area contributed by atoms with E-state index in [1.165, 1.54) is 10.9 Å². The molecular weight excluding hydrogens is 328 g/mol. The highest BCUT2D eigenvalue weighted by molar-refractivity contribution is 9.10. The fourth-order valence-corrected chi connectivity index (χ4v) is 2.16. The first kappa shape index (κ1) is 15.0. The van der Waals surface area contributed by atoms with E-state index in [1.54, 1.807) is 0 Å². The molecule has 1 amide bonds. The molecular formula is C12H17BrN4O3. The Morgan fingerprint density at radius 2 is 2.25 bits per heavy atom. The van der Waals surface area contributed by atoms with Crippen molar-refractivity contribution in [1.29, 1.82) is 0 Å². The number of nitrogens with zero attached hydrogens (tertiary/aromatic N) is 2. The Hall–Kier alpha value is -1.41. The molecule has 0 atom stereocenters. The summed E-state index contributed by atoms with van der Waals surface area (Å²) >= 11 is 3.21. The summed E-state index contributed by atoms with van der Waals surface area (Å²) in [7, 11) is 0. The van der Waals surface area contributed by atoms with Gasteiger partial charge in [-0.25, -0.2) is 4.68 Å². The quantitative estimate of drug-likeness (QED) is 0.602. The van der Waals surface area contributed by atoms with Crippen molar-refractivity contribution in [2.75, 3.05) is 25.0 Å². The number of aliphatic hydroxyl groups is 1. The van der Waals surface area contributed by atoms with Crippen LogP contribution in [0.2, 0.25) is 0 Å². The maximum atomic E-state index is 11.9. The number of rotatable bonds is 7. The Labute approximate surface area is 124 Å². The Morgan fingerprint density at radius 3 is 2.90 bits per heavy atom. The van der Waals surface area contributed by atoms with Gasteiger partial charge < -0.3 is 15.7 Å². The lowest BCUT2D eigenvalue weighted by molar-refractivity contribution is -0.122. The summed E-state index contributed by atoms with van der Waals surface area (Å²) in [6, 6.07) is 0.